The Bertz CT molecular complexity index is 505. The number of aromatic nitrogens is 1. The Morgan fingerprint density at radius 3 is 2.60 bits per heavy atom. The van der Waals surface area contributed by atoms with E-state index in [2.05, 4.69) is 10.4 Å². The summed E-state index contributed by atoms with van der Waals surface area (Å²) in [5.41, 5.74) is 7.27. The number of anilines is 2. The molecule has 1 amide bonds. The van der Waals surface area contributed by atoms with E-state index < -0.39 is 17.5 Å². The Morgan fingerprint density at radius 2 is 2.05 bits per heavy atom. The van der Waals surface area contributed by atoms with Gasteiger partial charge in [-0.05, 0) is 12.8 Å². The van der Waals surface area contributed by atoms with E-state index in [0.717, 1.165) is 25.7 Å². The number of carbonyl (C=O) groups excluding carboxylic acids is 1. The van der Waals surface area contributed by atoms with Crippen molar-refractivity contribution >= 4 is 17.5 Å². The maximum Gasteiger partial charge on any atom is 0.237 e. The SMILES string of the molecule is NNc1nc(N(CC(N)=O)C2CCCC2)c(F)cc1F. The molecule has 1 aliphatic rings. The highest BCUT2D eigenvalue weighted by Crippen LogP contribution is 2.30. The molecule has 1 heterocycles. The highest BCUT2D eigenvalue weighted by molar-refractivity contribution is 5.79. The molecule has 0 aliphatic heterocycles. The molecule has 110 valence electrons. The number of amides is 1. The van der Waals surface area contributed by atoms with Crippen molar-refractivity contribution in [3.63, 3.8) is 0 Å². The molecule has 1 aliphatic carbocycles. The van der Waals surface area contributed by atoms with Crippen LogP contribution in [-0.4, -0.2) is 23.5 Å². The summed E-state index contributed by atoms with van der Waals surface area (Å²) in [7, 11) is 0. The molecule has 1 aromatic heterocycles. The number of halogens is 2. The second kappa shape index (κ2) is 6.00. The van der Waals surface area contributed by atoms with Gasteiger partial charge in [0.2, 0.25) is 5.91 Å². The molecule has 2 rings (SSSR count). The molecular formula is C12H17F2N5O. The van der Waals surface area contributed by atoms with Crippen molar-refractivity contribution in [1.29, 1.82) is 0 Å². The molecular weight excluding hydrogens is 268 g/mol. The molecule has 0 spiro atoms. The van der Waals surface area contributed by atoms with Crippen LogP contribution in [0.3, 0.4) is 0 Å². The number of nitrogens with zero attached hydrogens (tertiary/aromatic N) is 2. The van der Waals surface area contributed by atoms with E-state index in [9.17, 15) is 13.6 Å². The van der Waals surface area contributed by atoms with Gasteiger partial charge >= 0.3 is 0 Å². The average Bonchev–Trinajstić information content (AvgIpc) is 2.90. The molecule has 0 saturated heterocycles. The van der Waals surface area contributed by atoms with Crippen LogP contribution in [0.2, 0.25) is 0 Å². The molecule has 0 bridgehead atoms. The molecule has 1 saturated carbocycles. The summed E-state index contributed by atoms with van der Waals surface area (Å²) in [6.45, 7) is -0.162. The number of hydrazine groups is 1. The summed E-state index contributed by atoms with van der Waals surface area (Å²) in [6.07, 6.45) is 3.61. The third kappa shape index (κ3) is 2.96. The third-order valence-corrected chi connectivity index (χ3v) is 3.41. The topological polar surface area (TPSA) is 97.3 Å². The minimum Gasteiger partial charge on any atom is -0.368 e. The molecule has 6 nitrogen and oxygen atoms in total. The van der Waals surface area contributed by atoms with Crippen LogP contribution in [0.1, 0.15) is 25.7 Å². The van der Waals surface area contributed by atoms with Crippen molar-refractivity contribution < 1.29 is 13.6 Å². The summed E-state index contributed by atoms with van der Waals surface area (Å²) in [4.78, 5) is 16.5. The number of carbonyl (C=O) groups is 1. The third-order valence-electron chi connectivity index (χ3n) is 3.41. The Morgan fingerprint density at radius 1 is 1.40 bits per heavy atom. The summed E-state index contributed by atoms with van der Waals surface area (Å²) in [6, 6.07) is 0.668. The fourth-order valence-electron chi connectivity index (χ4n) is 2.52. The van der Waals surface area contributed by atoms with Crippen LogP contribution >= 0.6 is 0 Å². The molecule has 8 heteroatoms. The van der Waals surface area contributed by atoms with Gasteiger partial charge in [0.15, 0.2) is 23.3 Å². The van der Waals surface area contributed by atoms with Crippen LogP contribution in [0.5, 0.6) is 0 Å². The number of nitrogen functional groups attached to an aromatic ring is 1. The quantitative estimate of drug-likeness (QED) is 0.551. The zero-order chi connectivity index (χ0) is 14.7. The van der Waals surface area contributed by atoms with Crippen LogP contribution in [-0.2, 0) is 4.79 Å². The molecule has 20 heavy (non-hydrogen) atoms. The highest BCUT2D eigenvalue weighted by Gasteiger charge is 2.28. The van der Waals surface area contributed by atoms with Gasteiger partial charge < -0.3 is 16.1 Å². The lowest BCUT2D eigenvalue weighted by Crippen LogP contribution is -2.41. The van der Waals surface area contributed by atoms with Gasteiger partial charge in [0.25, 0.3) is 0 Å². The van der Waals surface area contributed by atoms with Crippen molar-refractivity contribution in [3.05, 3.63) is 17.7 Å². The Kier molecular flexibility index (Phi) is 4.33. The largest absolute Gasteiger partial charge is 0.368 e. The van der Waals surface area contributed by atoms with Crippen LogP contribution in [0.15, 0.2) is 6.07 Å². The van der Waals surface area contributed by atoms with E-state index in [1.54, 1.807) is 0 Å². The monoisotopic (exact) mass is 285 g/mol. The summed E-state index contributed by atoms with van der Waals surface area (Å²) < 4.78 is 27.3. The maximum atomic E-state index is 14.0. The van der Waals surface area contributed by atoms with E-state index in [0.29, 0.717) is 6.07 Å². The zero-order valence-electron chi connectivity index (χ0n) is 10.9. The van der Waals surface area contributed by atoms with E-state index in [4.69, 9.17) is 11.6 Å². The predicted molar refractivity (Wildman–Crippen MR) is 70.8 cm³/mol. The number of hydrogen-bond acceptors (Lipinski definition) is 5. The summed E-state index contributed by atoms with van der Waals surface area (Å²) in [5, 5.41) is 0. The molecule has 1 fully saturated rings. The number of hydrogen-bond donors (Lipinski definition) is 3. The van der Waals surface area contributed by atoms with E-state index in [1.807, 2.05) is 0 Å². The molecule has 0 aromatic carbocycles. The molecule has 0 atom stereocenters. The molecule has 0 radical (unpaired) electrons. The highest BCUT2D eigenvalue weighted by atomic mass is 19.1. The number of rotatable bonds is 5. The Labute approximate surface area is 115 Å². The lowest BCUT2D eigenvalue weighted by Gasteiger charge is -2.29. The van der Waals surface area contributed by atoms with E-state index >= 15 is 0 Å². The predicted octanol–water partition coefficient (Wildman–Crippen LogP) is 0.880. The van der Waals surface area contributed by atoms with Crippen molar-refractivity contribution in [2.45, 2.75) is 31.7 Å². The van der Waals surface area contributed by atoms with Gasteiger partial charge in [-0.25, -0.2) is 19.6 Å². The standard InChI is InChI=1S/C12H17F2N5O/c13-8-5-9(14)12(17-11(8)18-16)19(6-10(15)20)7-3-1-2-4-7/h5,7H,1-4,6,16H2,(H2,15,20)(H,17,18). The van der Waals surface area contributed by atoms with Crippen LogP contribution in [0, 0.1) is 11.6 Å². The maximum absolute atomic E-state index is 14.0. The van der Waals surface area contributed by atoms with Gasteiger partial charge in [-0.1, -0.05) is 12.8 Å². The van der Waals surface area contributed by atoms with Gasteiger partial charge in [0.05, 0.1) is 6.54 Å². The summed E-state index contributed by atoms with van der Waals surface area (Å²) in [5.74, 6) is 2.44. The Balaban J connectivity index is 2.38. The second-order valence-electron chi connectivity index (χ2n) is 4.80. The smallest absolute Gasteiger partial charge is 0.237 e. The average molecular weight is 285 g/mol. The minimum atomic E-state index is -0.890. The van der Waals surface area contributed by atoms with Gasteiger partial charge in [-0.2, -0.15) is 0 Å². The van der Waals surface area contributed by atoms with Crippen molar-refractivity contribution in [3.8, 4) is 0 Å². The van der Waals surface area contributed by atoms with Crippen molar-refractivity contribution in [2.24, 2.45) is 11.6 Å². The first-order valence-corrected chi connectivity index (χ1v) is 6.40. The number of pyridine rings is 1. The first kappa shape index (κ1) is 14.4. The van der Waals surface area contributed by atoms with Crippen molar-refractivity contribution in [2.75, 3.05) is 16.9 Å². The van der Waals surface area contributed by atoms with E-state index in [-0.39, 0.29) is 24.2 Å². The van der Waals surface area contributed by atoms with Gasteiger partial charge in [0, 0.05) is 12.1 Å². The lowest BCUT2D eigenvalue weighted by molar-refractivity contribution is -0.116. The number of nitrogens with two attached hydrogens (primary N) is 2. The normalized spacial score (nSPS) is 15.3. The molecule has 5 N–H and O–H groups in total. The fourth-order valence-corrected chi connectivity index (χ4v) is 2.52. The first-order valence-electron chi connectivity index (χ1n) is 6.40. The van der Waals surface area contributed by atoms with Crippen LogP contribution < -0.4 is 21.9 Å². The molecule has 0 unspecified atom stereocenters. The van der Waals surface area contributed by atoms with Gasteiger partial charge in [-0.15, -0.1) is 0 Å². The van der Waals surface area contributed by atoms with Gasteiger partial charge in [0.1, 0.15) is 0 Å². The van der Waals surface area contributed by atoms with Crippen molar-refractivity contribution in [1.82, 2.24) is 4.98 Å². The van der Waals surface area contributed by atoms with Crippen LogP contribution in [0.4, 0.5) is 20.4 Å². The van der Waals surface area contributed by atoms with E-state index in [1.165, 1.54) is 4.90 Å². The van der Waals surface area contributed by atoms with Gasteiger partial charge in [-0.3, -0.25) is 4.79 Å². The Hall–Kier alpha value is -1.96. The first-order chi connectivity index (χ1) is 9.52. The molecule has 1 aromatic rings. The lowest BCUT2D eigenvalue weighted by atomic mass is 10.2. The van der Waals surface area contributed by atoms with Crippen LogP contribution in [0.25, 0.3) is 0 Å². The second-order valence-corrected chi connectivity index (χ2v) is 4.80. The summed E-state index contributed by atoms with van der Waals surface area (Å²) >= 11 is 0. The number of nitrogens with one attached hydrogen (secondary N) is 1. The fraction of sp³-hybridized carbons (Fsp3) is 0.500. The minimum absolute atomic E-state index is 0.0272. The zero-order valence-corrected chi connectivity index (χ0v) is 10.9. The number of primary amides is 1.